The molecule has 0 fully saturated rings. The van der Waals surface area contributed by atoms with E-state index in [1.165, 1.54) is 0 Å². The number of halogens is 1. The van der Waals surface area contributed by atoms with Gasteiger partial charge in [-0.25, -0.2) is 0 Å². The first-order valence-corrected chi connectivity index (χ1v) is 5.93. The van der Waals surface area contributed by atoms with Crippen LogP contribution in [0.3, 0.4) is 0 Å². The summed E-state index contributed by atoms with van der Waals surface area (Å²) in [5.41, 5.74) is 7.62. The number of rotatable bonds is 3. The third-order valence-corrected chi connectivity index (χ3v) is 3.19. The maximum absolute atomic E-state index is 5.84. The molecule has 0 heterocycles. The largest absolute Gasteiger partial charge is 0.489 e. The van der Waals surface area contributed by atoms with Gasteiger partial charge in [-0.15, -0.1) is 0 Å². The molecule has 2 N–H and O–H groups in total. The maximum atomic E-state index is 5.84. The Bertz CT molecular complexity index is 350. The smallest absolute Gasteiger partial charge is 0.134 e. The Morgan fingerprint density at radius 3 is 2.40 bits per heavy atom. The number of ether oxygens (including phenoxy) is 1. The Balaban J connectivity index is 2.91. The van der Waals surface area contributed by atoms with Crippen molar-refractivity contribution < 1.29 is 4.74 Å². The summed E-state index contributed by atoms with van der Waals surface area (Å²) in [5.74, 6) is 1.36. The first-order valence-electron chi connectivity index (χ1n) is 5.14. The zero-order chi connectivity index (χ0) is 11.6. The SMILES string of the molecule is Cc1cc(OC(C)C(C)C)c(Br)cc1N. The Hall–Kier alpha value is -0.700. The van der Waals surface area contributed by atoms with E-state index in [0.29, 0.717) is 5.92 Å². The molecule has 84 valence electrons. The minimum atomic E-state index is 0.198. The second kappa shape index (κ2) is 4.88. The van der Waals surface area contributed by atoms with Gasteiger partial charge in [0.2, 0.25) is 0 Å². The van der Waals surface area contributed by atoms with Crippen molar-refractivity contribution in [3.05, 3.63) is 22.2 Å². The average Bonchev–Trinajstić information content (AvgIpc) is 2.13. The van der Waals surface area contributed by atoms with Crippen LogP contribution in [0.2, 0.25) is 0 Å². The van der Waals surface area contributed by atoms with Crippen LogP contribution >= 0.6 is 15.9 Å². The molecule has 0 saturated carbocycles. The Kier molecular flexibility index (Phi) is 4.03. The van der Waals surface area contributed by atoms with Gasteiger partial charge in [-0.05, 0) is 53.4 Å². The molecule has 1 atom stereocenters. The van der Waals surface area contributed by atoms with E-state index in [2.05, 4.69) is 36.7 Å². The zero-order valence-electron chi connectivity index (χ0n) is 9.67. The molecule has 0 bridgehead atoms. The highest BCUT2D eigenvalue weighted by Gasteiger charge is 2.11. The van der Waals surface area contributed by atoms with Crippen molar-refractivity contribution >= 4 is 21.6 Å². The van der Waals surface area contributed by atoms with Crippen molar-refractivity contribution in [1.82, 2.24) is 0 Å². The molecule has 0 radical (unpaired) electrons. The van der Waals surface area contributed by atoms with Gasteiger partial charge in [0.05, 0.1) is 10.6 Å². The fourth-order valence-electron chi connectivity index (χ4n) is 1.10. The monoisotopic (exact) mass is 271 g/mol. The highest BCUT2D eigenvalue weighted by atomic mass is 79.9. The molecule has 0 spiro atoms. The second-order valence-corrected chi connectivity index (χ2v) is 5.06. The summed E-state index contributed by atoms with van der Waals surface area (Å²) < 4.78 is 6.75. The predicted molar refractivity (Wildman–Crippen MR) is 68.2 cm³/mol. The van der Waals surface area contributed by atoms with Crippen molar-refractivity contribution in [2.45, 2.75) is 33.8 Å². The van der Waals surface area contributed by atoms with E-state index >= 15 is 0 Å². The van der Waals surface area contributed by atoms with Gasteiger partial charge in [0.25, 0.3) is 0 Å². The lowest BCUT2D eigenvalue weighted by molar-refractivity contribution is 0.169. The highest BCUT2D eigenvalue weighted by molar-refractivity contribution is 9.10. The number of hydrogen-bond acceptors (Lipinski definition) is 2. The number of hydrogen-bond donors (Lipinski definition) is 1. The van der Waals surface area contributed by atoms with Crippen molar-refractivity contribution in [3.63, 3.8) is 0 Å². The van der Waals surface area contributed by atoms with E-state index < -0.39 is 0 Å². The number of anilines is 1. The van der Waals surface area contributed by atoms with E-state index in [-0.39, 0.29) is 6.10 Å². The van der Waals surface area contributed by atoms with Crippen LogP contribution in [0.4, 0.5) is 5.69 Å². The summed E-state index contributed by atoms with van der Waals surface area (Å²) >= 11 is 3.45. The molecule has 0 amide bonds. The Morgan fingerprint density at radius 2 is 1.87 bits per heavy atom. The highest BCUT2D eigenvalue weighted by Crippen LogP contribution is 2.31. The summed E-state index contributed by atoms with van der Waals surface area (Å²) in [5, 5.41) is 0. The van der Waals surface area contributed by atoms with Crippen LogP contribution in [-0.4, -0.2) is 6.10 Å². The molecule has 0 aliphatic rings. The number of nitrogen functional groups attached to an aromatic ring is 1. The van der Waals surface area contributed by atoms with Crippen molar-refractivity contribution in [2.24, 2.45) is 5.92 Å². The summed E-state index contributed by atoms with van der Waals surface area (Å²) in [6.45, 7) is 8.34. The van der Waals surface area contributed by atoms with Crippen molar-refractivity contribution in [3.8, 4) is 5.75 Å². The first-order chi connectivity index (χ1) is 6.91. The van der Waals surface area contributed by atoms with Crippen molar-refractivity contribution in [1.29, 1.82) is 0 Å². The molecule has 0 aliphatic heterocycles. The van der Waals surface area contributed by atoms with Crippen LogP contribution < -0.4 is 10.5 Å². The molecule has 1 unspecified atom stereocenters. The van der Waals surface area contributed by atoms with E-state index in [0.717, 1.165) is 21.5 Å². The Labute approximate surface area is 99.9 Å². The van der Waals surface area contributed by atoms with Crippen LogP contribution in [0.25, 0.3) is 0 Å². The van der Waals surface area contributed by atoms with Gasteiger partial charge in [-0.3, -0.25) is 0 Å². The van der Waals surface area contributed by atoms with Crippen molar-refractivity contribution in [2.75, 3.05) is 5.73 Å². The maximum Gasteiger partial charge on any atom is 0.134 e. The number of benzene rings is 1. The van der Waals surface area contributed by atoms with Crippen LogP contribution in [-0.2, 0) is 0 Å². The standard InChI is InChI=1S/C12H18BrNO/c1-7(2)9(4)15-12-5-8(3)11(14)6-10(12)13/h5-7,9H,14H2,1-4H3. The molecule has 2 nitrogen and oxygen atoms in total. The third kappa shape index (κ3) is 3.13. The van der Waals surface area contributed by atoms with Crippen LogP contribution in [0.5, 0.6) is 5.75 Å². The summed E-state index contributed by atoms with van der Waals surface area (Å²) in [4.78, 5) is 0. The minimum absolute atomic E-state index is 0.198. The summed E-state index contributed by atoms with van der Waals surface area (Å²) in [7, 11) is 0. The lowest BCUT2D eigenvalue weighted by Crippen LogP contribution is -2.18. The number of aryl methyl sites for hydroxylation is 1. The van der Waals surface area contributed by atoms with E-state index in [1.807, 2.05) is 19.1 Å². The van der Waals surface area contributed by atoms with E-state index in [4.69, 9.17) is 10.5 Å². The lowest BCUT2D eigenvalue weighted by atomic mass is 10.1. The van der Waals surface area contributed by atoms with Gasteiger partial charge in [0.15, 0.2) is 0 Å². The number of nitrogens with two attached hydrogens (primary N) is 1. The van der Waals surface area contributed by atoms with Crippen LogP contribution in [0, 0.1) is 12.8 Å². The molecule has 0 aromatic heterocycles. The zero-order valence-corrected chi connectivity index (χ0v) is 11.3. The van der Waals surface area contributed by atoms with E-state index in [1.54, 1.807) is 0 Å². The molecule has 1 aromatic carbocycles. The van der Waals surface area contributed by atoms with E-state index in [9.17, 15) is 0 Å². The average molecular weight is 272 g/mol. The lowest BCUT2D eigenvalue weighted by Gasteiger charge is -2.19. The second-order valence-electron chi connectivity index (χ2n) is 4.21. The van der Waals surface area contributed by atoms with Gasteiger partial charge in [-0.2, -0.15) is 0 Å². The molecular weight excluding hydrogens is 254 g/mol. The molecule has 1 rings (SSSR count). The first kappa shape index (κ1) is 12.4. The van der Waals surface area contributed by atoms with Gasteiger partial charge in [0.1, 0.15) is 5.75 Å². The quantitative estimate of drug-likeness (QED) is 0.850. The minimum Gasteiger partial charge on any atom is -0.489 e. The molecule has 1 aromatic rings. The van der Waals surface area contributed by atoms with Gasteiger partial charge in [-0.1, -0.05) is 13.8 Å². The fourth-order valence-corrected chi connectivity index (χ4v) is 1.55. The molecular formula is C12H18BrNO. The van der Waals surface area contributed by atoms with Gasteiger partial charge >= 0.3 is 0 Å². The molecule has 15 heavy (non-hydrogen) atoms. The van der Waals surface area contributed by atoms with Crippen LogP contribution in [0.15, 0.2) is 16.6 Å². The molecule has 0 aliphatic carbocycles. The molecule has 0 saturated heterocycles. The third-order valence-electron chi connectivity index (χ3n) is 2.57. The summed E-state index contributed by atoms with van der Waals surface area (Å²) in [6, 6.07) is 3.86. The molecule has 3 heteroatoms. The van der Waals surface area contributed by atoms with Gasteiger partial charge in [0, 0.05) is 5.69 Å². The normalized spacial score (nSPS) is 12.9. The summed E-state index contributed by atoms with van der Waals surface area (Å²) in [6.07, 6.45) is 0.198. The predicted octanol–water partition coefficient (Wildman–Crippen LogP) is 3.76. The fraction of sp³-hybridized carbons (Fsp3) is 0.500. The Morgan fingerprint density at radius 1 is 1.27 bits per heavy atom. The van der Waals surface area contributed by atoms with Crippen LogP contribution in [0.1, 0.15) is 26.3 Å². The van der Waals surface area contributed by atoms with Gasteiger partial charge < -0.3 is 10.5 Å². The topological polar surface area (TPSA) is 35.2 Å².